The van der Waals surface area contributed by atoms with Crippen LogP contribution in [0.25, 0.3) is 11.0 Å². The Hall–Kier alpha value is -1.92. The summed E-state index contributed by atoms with van der Waals surface area (Å²) in [6.07, 6.45) is 0.975. The molecule has 0 spiro atoms. The van der Waals surface area contributed by atoms with E-state index in [9.17, 15) is 4.79 Å². The van der Waals surface area contributed by atoms with E-state index < -0.39 is 0 Å². The first-order chi connectivity index (χ1) is 11.0. The van der Waals surface area contributed by atoms with Gasteiger partial charge in [-0.2, -0.15) is 0 Å². The fourth-order valence-electron chi connectivity index (χ4n) is 2.29. The van der Waals surface area contributed by atoms with E-state index in [1.54, 1.807) is 23.5 Å². The first-order valence-corrected chi connectivity index (χ1v) is 8.54. The summed E-state index contributed by atoms with van der Waals surface area (Å²) in [6.45, 7) is 4.64. The topological polar surface area (TPSA) is 70.7 Å². The molecule has 5 nitrogen and oxygen atoms in total. The van der Waals surface area contributed by atoms with E-state index in [0.29, 0.717) is 17.4 Å². The van der Waals surface area contributed by atoms with Crippen LogP contribution in [0.2, 0.25) is 5.02 Å². The van der Waals surface area contributed by atoms with Gasteiger partial charge in [0.2, 0.25) is 5.91 Å². The van der Waals surface area contributed by atoms with Crippen molar-refractivity contribution in [2.24, 2.45) is 0 Å². The average Bonchev–Trinajstić information content (AvgIpc) is 3.01. The average molecular weight is 349 g/mol. The number of nitrogens with zero attached hydrogens (tertiary/aromatic N) is 2. The van der Waals surface area contributed by atoms with Crippen LogP contribution >= 0.6 is 22.9 Å². The highest BCUT2D eigenvalue weighted by atomic mass is 35.5. The summed E-state index contributed by atoms with van der Waals surface area (Å²) in [7, 11) is 0. The third-order valence-corrected chi connectivity index (χ3v) is 4.92. The van der Waals surface area contributed by atoms with E-state index in [1.807, 2.05) is 13.0 Å². The maximum atomic E-state index is 12.0. The Kier molecular flexibility index (Phi) is 4.63. The maximum Gasteiger partial charge on any atom is 0.227 e. The minimum absolute atomic E-state index is 0.0554. The number of H-pyrrole nitrogens is 1. The maximum absolute atomic E-state index is 12.0. The molecule has 0 atom stereocenters. The van der Waals surface area contributed by atoms with Crippen LogP contribution in [0.15, 0.2) is 18.2 Å². The Morgan fingerprint density at radius 1 is 1.35 bits per heavy atom. The van der Waals surface area contributed by atoms with Crippen molar-refractivity contribution in [3.8, 4) is 0 Å². The van der Waals surface area contributed by atoms with E-state index in [2.05, 4.69) is 27.2 Å². The largest absolute Gasteiger partial charge is 0.355 e. The lowest BCUT2D eigenvalue weighted by molar-refractivity contribution is -0.120. The van der Waals surface area contributed by atoms with Crippen molar-refractivity contribution in [3.05, 3.63) is 44.6 Å². The third kappa shape index (κ3) is 3.89. The zero-order valence-corrected chi connectivity index (χ0v) is 14.5. The summed E-state index contributed by atoms with van der Waals surface area (Å²) >= 11 is 7.62. The number of nitrogens with one attached hydrogen (secondary N) is 2. The second kappa shape index (κ2) is 6.68. The van der Waals surface area contributed by atoms with Crippen LogP contribution < -0.4 is 5.32 Å². The van der Waals surface area contributed by atoms with Crippen molar-refractivity contribution in [2.45, 2.75) is 26.7 Å². The first kappa shape index (κ1) is 16.0. The first-order valence-electron chi connectivity index (χ1n) is 7.35. The number of rotatable bonds is 5. The van der Waals surface area contributed by atoms with E-state index in [1.165, 1.54) is 4.88 Å². The normalized spacial score (nSPS) is 11.1. The summed E-state index contributed by atoms with van der Waals surface area (Å²) in [5.41, 5.74) is 2.72. The summed E-state index contributed by atoms with van der Waals surface area (Å²) in [5, 5.41) is 4.60. The second-order valence-corrected chi connectivity index (χ2v) is 7.10. The smallest absolute Gasteiger partial charge is 0.227 e. The lowest BCUT2D eigenvalue weighted by Crippen LogP contribution is -2.27. The lowest BCUT2D eigenvalue weighted by Gasteiger charge is -2.02. The van der Waals surface area contributed by atoms with Crippen molar-refractivity contribution in [3.63, 3.8) is 0 Å². The van der Waals surface area contributed by atoms with E-state index >= 15 is 0 Å². The van der Waals surface area contributed by atoms with Crippen molar-refractivity contribution in [1.29, 1.82) is 0 Å². The molecule has 0 bridgehead atoms. The Balaban J connectivity index is 1.53. The molecule has 1 amide bonds. The monoisotopic (exact) mass is 348 g/mol. The summed E-state index contributed by atoms with van der Waals surface area (Å²) in [5.74, 6) is 0.584. The van der Waals surface area contributed by atoms with Gasteiger partial charge in [0.05, 0.1) is 28.2 Å². The highest BCUT2D eigenvalue weighted by Crippen LogP contribution is 2.18. The van der Waals surface area contributed by atoms with Gasteiger partial charge in [-0.25, -0.2) is 9.97 Å². The number of hydrogen-bond donors (Lipinski definition) is 2. The Morgan fingerprint density at radius 2 is 2.17 bits per heavy atom. The van der Waals surface area contributed by atoms with Crippen molar-refractivity contribution in [2.75, 3.05) is 6.54 Å². The zero-order chi connectivity index (χ0) is 16.4. The van der Waals surface area contributed by atoms with Crippen LogP contribution in [0.3, 0.4) is 0 Å². The molecule has 120 valence electrons. The van der Waals surface area contributed by atoms with Gasteiger partial charge < -0.3 is 10.3 Å². The quantitative estimate of drug-likeness (QED) is 0.743. The fourth-order valence-corrected chi connectivity index (χ4v) is 3.39. The molecule has 1 aromatic carbocycles. The van der Waals surface area contributed by atoms with Crippen LogP contribution in [0.1, 0.15) is 21.4 Å². The molecule has 3 aromatic rings. The number of benzene rings is 1. The third-order valence-electron chi connectivity index (χ3n) is 3.55. The molecular weight excluding hydrogens is 332 g/mol. The molecule has 0 fully saturated rings. The minimum Gasteiger partial charge on any atom is -0.355 e. The van der Waals surface area contributed by atoms with Gasteiger partial charge in [-0.15, -0.1) is 11.3 Å². The highest BCUT2D eigenvalue weighted by molar-refractivity contribution is 7.11. The molecule has 7 heteroatoms. The van der Waals surface area contributed by atoms with Crippen molar-refractivity contribution in [1.82, 2.24) is 20.3 Å². The number of carbonyl (C=O) groups excluding carboxylic acids is 1. The van der Waals surface area contributed by atoms with Crippen molar-refractivity contribution >= 4 is 39.9 Å². The van der Waals surface area contributed by atoms with Gasteiger partial charge in [0.15, 0.2) is 0 Å². The van der Waals surface area contributed by atoms with E-state index in [4.69, 9.17) is 11.6 Å². The number of aromatic amines is 1. The van der Waals surface area contributed by atoms with Gasteiger partial charge in [-0.05, 0) is 32.0 Å². The van der Waals surface area contributed by atoms with E-state index in [-0.39, 0.29) is 12.3 Å². The molecule has 0 unspecified atom stereocenters. The number of carbonyl (C=O) groups is 1. The van der Waals surface area contributed by atoms with Gasteiger partial charge >= 0.3 is 0 Å². The number of thiazole rings is 1. The molecular formula is C16H17ClN4OS. The standard InChI is InChI=1S/C16H17ClN4OS/c1-9-10(2)23-16(19-9)5-6-18-15(22)8-14-20-12-4-3-11(17)7-13(12)21-14/h3-4,7H,5-6,8H2,1-2H3,(H,18,22)(H,20,21). The number of amides is 1. The molecule has 23 heavy (non-hydrogen) atoms. The van der Waals surface area contributed by atoms with Crippen molar-refractivity contribution < 1.29 is 4.79 Å². The van der Waals surface area contributed by atoms with Crippen LogP contribution in [-0.2, 0) is 17.6 Å². The lowest BCUT2D eigenvalue weighted by atomic mass is 10.3. The van der Waals surface area contributed by atoms with Gasteiger partial charge in [-0.1, -0.05) is 11.6 Å². The van der Waals surface area contributed by atoms with Crippen LogP contribution in [0, 0.1) is 13.8 Å². The fraction of sp³-hybridized carbons (Fsp3) is 0.312. The molecule has 3 rings (SSSR count). The molecule has 0 radical (unpaired) electrons. The van der Waals surface area contributed by atoms with Crippen LogP contribution in [0.5, 0.6) is 0 Å². The van der Waals surface area contributed by atoms with Gasteiger partial charge in [0, 0.05) is 22.9 Å². The molecule has 0 saturated carbocycles. The molecule has 2 heterocycles. The second-order valence-electron chi connectivity index (χ2n) is 5.37. The predicted octanol–water partition coefficient (Wildman–Crippen LogP) is 3.19. The molecule has 0 aliphatic rings. The van der Waals surface area contributed by atoms with Crippen LogP contribution in [0.4, 0.5) is 0 Å². The summed E-state index contributed by atoms with van der Waals surface area (Å²) in [6, 6.07) is 5.42. The Bertz CT molecular complexity index is 836. The predicted molar refractivity (Wildman–Crippen MR) is 93.1 cm³/mol. The minimum atomic E-state index is -0.0554. The van der Waals surface area contributed by atoms with Gasteiger partial charge in [0.25, 0.3) is 0 Å². The number of halogens is 1. The van der Waals surface area contributed by atoms with Gasteiger partial charge in [-0.3, -0.25) is 4.79 Å². The molecule has 2 aromatic heterocycles. The summed E-state index contributed by atoms with van der Waals surface area (Å²) in [4.78, 5) is 25.2. The Morgan fingerprint density at radius 3 is 2.91 bits per heavy atom. The zero-order valence-electron chi connectivity index (χ0n) is 12.9. The van der Waals surface area contributed by atoms with Crippen LogP contribution in [-0.4, -0.2) is 27.4 Å². The number of imidazole rings is 1. The number of aryl methyl sites for hydroxylation is 2. The summed E-state index contributed by atoms with van der Waals surface area (Å²) < 4.78 is 0. The molecule has 0 aliphatic carbocycles. The molecule has 0 aliphatic heterocycles. The van der Waals surface area contributed by atoms with Gasteiger partial charge in [0.1, 0.15) is 5.82 Å². The SMILES string of the molecule is Cc1nc(CCNC(=O)Cc2nc3ccc(Cl)cc3[nH]2)sc1C. The molecule has 0 saturated heterocycles. The van der Waals surface area contributed by atoms with E-state index in [0.717, 1.165) is 28.2 Å². The number of fused-ring (bicyclic) bond motifs is 1. The number of aromatic nitrogens is 3. The number of hydrogen-bond acceptors (Lipinski definition) is 4. The molecule has 2 N–H and O–H groups in total. The Labute approximate surface area is 143 Å². The highest BCUT2D eigenvalue weighted by Gasteiger charge is 2.09.